The SMILES string of the molecule is COCCN(CCOC)C(=O)N[C@@H]1CC(=O)N(c2ccc(Cl)cc2)C1. The van der Waals surface area contributed by atoms with E-state index in [-0.39, 0.29) is 24.4 Å². The van der Waals surface area contributed by atoms with Crippen LogP contribution in [0.3, 0.4) is 0 Å². The average molecular weight is 370 g/mol. The van der Waals surface area contributed by atoms with Crippen LogP contribution in [-0.2, 0) is 14.3 Å². The minimum Gasteiger partial charge on any atom is -0.383 e. The Morgan fingerprint density at radius 2 is 1.84 bits per heavy atom. The highest BCUT2D eigenvalue weighted by Gasteiger charge is 2.32. The number of hydrogen-bond acceptors (Lipinski definition) is 4. The van der Waals surface area contributed by atoms with Gasteiger partial charge >= 0.3 is 6.03 Å². The van der Waals surface area contributed by atoms with E-state index < -0.39 is 0 Å². The van der Waals surface area contributed by atoms with Gasteiger partial charge < -0.3 is 24.6 Å². The van der Waals surface area contributed by atoms with E-state index in [1.54, 1.807) is 48.3 Å². The van der Waals surface area contributed by atoms with Crippen LogP contribution >= 0.6 is 11.6 Å². The van der Waals surface area contributed by atoms with Gasteiger partial charge in [-0.15, -0.1) is 0 Å². The average Bonchev–Trinajstić information content (AvgIpc) is 2.96. The van der Waals surface area contributed by atoms with Crippen LogP contribution < -0.4 is 10.2 Å². The number of nitrogens with one attached hydrogen (secondary N) is 1. The minimum atomic E-state index is -0.233. The van der Waals surface area contributed by atoms with Gasteiger partial charge in [0.15, 0.2) is 0 Å². The highest BCUT2D eigenvalue weighted by atomic mass is 35.5. The summed E-state index contributed by atoms with van der Waals surface area (Å²) < 4.78 is 10.1. The van der Waals surface area contributed by atoms with Crippen LogP contribution in [0.15, 0.2) is 24.3 Å². The van der Waals surface area contributed by atoms with E-state index in [1.807, 2.05) is 0 Å². The summed E-state index contributed by atoms with van der Waals surface area (Å²) in [6.07, 6.45) is 0.275. The highest BCUT2D eigenvalue weighted by molar-refractivity contribution is 6.30. The fourth-order valence-electron chi connectivity index (χ4n) is 2.66. The third-order valence-electron chi connectivity index (χ3n) is 4.01. The quantitative estimate of drug-likeness (QED) is 0.757. The van der Waals surface area contributed by atoms with Gasteiger partial charge in [0.1, 0.15) is 0 Å². The van der Waals surface area contributed by atoms with Gasteiger partial charge in [0.2, 0.25) is 5.91 Å². The van der Waals surface area contributed by atoms with E-state index in [0.29, 0.717) is 37.9 Å². The summed E-state index contributed by atoms with van der Waals surface area (Å²) >= 11 is 5.88. The summed E-state index contributed by atoms with van der Waals surface area (Å²) in [4.78, 5) is 28.0. The second kappa shape index (κ2) is 9.60. The molecule has 1 fully saturated rings. The second-order valence-corrected chi connectivity index (χ2v) is 6.24. The largest absolute Gasteiger partial charge is 0.383 e. The van der Waals surface area contributed by atoms with Gasteiger partial charge in [0.05, 0.1) is 19.3 Å². The predicted octanol–water partition coefficient (Wildman–Crippen LogP) is 1.75. The zero-order valence-electron chi connectivity index (χ0n) is 14.5. The Labute approximate surface area is 152 Å². The number of halogens is 1. The standard InChI is InChI=1S/C17H24ClN3O4/c1-24-9-7-20(8-10-25-2)17(23)19-14-11-16(22)21(12-14)15-5-3-13(18)4-6-15/h3-6,14H,7-12H2,1-2H3,(H,19,23)/t14-/m1/s1. The lowest BCUT2D eigenvalue weighted by molar-refractivity contribution is -0.117. The third-order valence-corrected chi connectivity index (χ3v) is 4.26. The first-order valence-electron chi connectivity index (χ1n) is 8.14. The van der Waals surface area contributed by atoms with Crippen LogP contribution in [0.2, 0.25) is 5.02 Å². The lowest BCUT2D eigenvalue weighted by atomic mass is 10.2. The van der Waals surface area contributed by atoms with Crippen LogP contribution in [0, 0.1) is 0 Å². The maximum Gasteiger partial charge on any atom is 0.317 e. The zero-order valence-corrected chi connectivity index (χ0v) is 15.3. The first-order valence-corrected chi connectivity index (χ1v) is 8.52. The van der Waals surface area contributed by atoms with E-state index in [1.165, 1.54) is 0 Å². The molecule has 2 rings (SSSR count). The van der Waals surface area contributed by atoms with Crippen molar-refractivity contribution in [1.82, 2.24) is 10.2 Å². The molecule has 1 N–H and O–H groups in total. The molecular formula is C17H24ClN3O4. The normalized spacial score (nSPS) is 17.0. The van der Waals surface area contributed by atoms with Gasteiger partial charge in [-0.05, 0) is 24.3 Å². The summed E-state index contributed by atoms with van der Waals surface area (Å²) in [5.74, 6) is -0.0204. The Bertz CT molecular complexity index is 574. The van der Waals surface area contributed by atoms with Crippen LogP contribution in [0.5, 0.6) is 0 Å². The lowest BCUT2D eigenvalue weighted by Crippen LogP contribution is -2.47. The molecular weight excluding hydrogens is 346 g/mol. The Morgan fingerprint density at radius 3 is 2.40 bits per heavy atom. The molecule has 0 saturated carbocycles. The predicted molar refractivity (Wildman–Crippen MR) is 96.1 cm³/mol. The van der Waals surface area contributed by atoms with E-state index in [4.69, 9.17) is 21.1 Å². The molecule has 1 atom stereocenters. The van der Waals surface area contributed by atoms with Crippen LogP contribution in [-0.4, -0.2) is 69.9 Å². The maximum absolute atomic E-state index is 12.5. The molecule has 1 aliphatic heterocycles. The first kappa shape index (κ1) is 19.5. The fraction of sp³-hybridized carbons (Fsp3) is 0.529. The summed E-state index contributed by atoms with van der Waals surface area (Å²) in [6, 6.07) is 6.63. The number of nitrogens with zero attached hydrogens (tertiary/aromatic N) is 2. The number of amides is 3. The van der Waals surface area contributed by atoms with Gasteiger partial charge in [-0.25, -0.2) is 4.79 Å². The number of benzene rings is 1. The van der Waals surface area contributed by atoms with E-state index in [9.17, 15) is 9.59 Å². The summed E-state index contributed by atoms with van der Waals surface area (Å²) in [6.45, 7) is 2.25. The third kappa shape index (κ3) is 5.59. The Morgan fingerprint density at radius 1 is 1.24 bits per heavy atom. The molecule has 0 aliphatic carbocycles. The highest BCUT2D eigenvalue weighted by Crippen LogP contribution is 2.23. The number of anilines is 1. The van der Waals surface area contributed by atoms with Gasteiger partial charge in [0.25, 0.3) is 0 Å². The minimum absolute atomic E-state index is 0.0204. The molecule has 1 aromatic carbocycles. The number of methoxy groups -OCH3 is 2. The number of carbonyl (C=O) groups is 2. The Kier molecular flexibility index (Phi) is 7.49. The molecule has 0 bridgehead atoms. The number of ether oxygens (including phenoxy) is 2. The van der Waals surface area contributed by atoms with Crippen molar-refractivity contribution in [2.45, 2.75) is 12.5 Å². The zero-order chi connectivity index (χ0) is 18.2. The second-order valence-electron chi connectivity index (χ2n) is 5.80. The maximum atomic E-state index is 12.5. The van der Waals surface area contributed by atoms with E-state index in [2.05, 4.69) is 5.32 Å². The molecule has 0 radical (unpaired) electrons. The summed E-state index contributed by atoms with van der Waals surface area (Å²) in [5, 5.41) is 3.54. The molecule has 1 aromatic rings. The smallest absolute Gasteiger partial charge is 0.317 e. The van der Waals surface area contributed by atoms with Crippen molar-refractivity contribution in [3.63, 3.8) is 0 Å². The van der Waals surface area contributed by atoms with Crippen molar-refractivity contribution in [2.24, 2.45) is 0 Å². The van der Waals surface area contributed by atoms with Crippen molar-refractivity contribution >= 4 is 29.2 Å². The molecule has 0 aromatic heterocycles. The van der Waals surface area contributed by atoms with Crippen molar-refractivity contribution in [3.8, 4) is 0 Å². The van der Waals surface area contributed by atoms with Gasteiger partial charge in [0, 0.05) is 51.0 Å². The number of hydrogen-bond donors (Lipinski definition) is 1. The van der Waals surface area contributed by atoms with Crippen LogP contribution in [0.4, 0.5) is 10.5 Å². The fourth-order valence-corrected chi connectivity index (χ4v) is 2.78. The van der Waals surface area contributed by atoms with E-state index >= 15 is 0 Å². The van der Waals surface area contributed by atoms with Crippen LogP contribution in [0.1, 0.15) is 6.42 Å². The van der Waals surface area contributed by atoms with Crippen molar-refractivity contribution < 1.29 is 19.1 Å². The number of rotatable bonds is 8. The summed E-state index contributed by atoms with van der Waals surface area (Å²) in [5.41, 5.74) is 0.779. The summed E-state index contributed by atoms with van der Waals surface area (Å²) in [7, 11) is 3.18. The lowest BCUT2D eigenvalue weighted by Gasteiger charge is -2.24. The van der Waals surface area contributed by atoms with Gasteiger partial charge in [-0.3, -0.25) is 4.79 Å². The Hall–Kier alpha value is -1.83. The van der Waals surface area contributed by atoms with Crippen LogP contribution in [0.25, 0.3) is 0 Å². The Balaban J connectivity index is 1.94. The number of urea groups is 1. The van der Waals surface area contributed by atoms with E-state index in [0.717, 1.165) is 5.69 Å². The molecule has 138 valence electrons. The van der Waals surface area contributed by atoms with Crippen molar-refractivity contribution in [1.29, 1.82) is 0 Å². The first-order chi connectivity index (χ1) is 12.0. The number of carbonyl (C=O) groups excluding carboxylic acids is 2. The topological polar surface area (TPSA) is 71.1 Å². The molecule has 7 nitrogen and oxygen atoms in total. The molecule has 1 saturated heterocycles. The van der Waals surface area contributed by atoms with Gasteiger partial charge in [-0.2, -0.15) is 0 Å². The van der Waals surface area contributed by atoms with Crippen molar-refractivity contribution in [2.75, 3.05) is 52.0 Å². The molecule has 3 amide bonds. The monoisotopic (exact) mass is 369 g/mol. The van der Waals surface area contributed by atoms with Crippen molar-refractivity contribution in [3.05, 3.63) is 29.3 Å². The molecule has 1 aliphatic rings. The van der Waals surface area contributed by atoms with Gasteiger partial charge in [-0.1, -0.05) is 11.6 Å². The molecule has 0 unspecified atom stereocenters. The molecule has 0 spiro atoms. The molecule has 25 heavy (non-hydrogen) atoms. The molecule has 8 heteroatoms. The molecule has 1 heterocycles.